The molecule has 106 valence electrons. The quantitative estimate of drug-likeness (QED) is 0.847. The van der Waals surface area contributed by atoms with E-state index in [0.717, 1.165) is 48.8 Å². The normalized spacial score (nSPS) is 14.9. The van der Waals surface area contributed by atoms with Gasteiger partial charge in [-0.25, -0.2) is 4.98 Å². The van der Waals surface area contributed by atoms with Crippen LogP contribution < -0.4 is 9.80 Å². The molecular weight excluding hydrogens is 260 g/mol. The average Bonchev–Trinajstić information content (AvgIpc) is 2.56. The van der Waals surface area contributed by atoms with Gasteiger partial charge in [-0.05, 0) is 36.8 Å². The number of nitrogens with zero attached hydrogens (tertiary/aromatic N) is 4. The van der Waals surface area contributed by atoms with Crippen LogP contribution in [-0.2, 0) is 0 Å². The number of piperazine rings is 1. The highest BCUT2D eigenvalue weighted by Gasteiger charge is 2.19. The van der Waals surface area contributed by atoms with Crippen molar-refractivity contribution in [3.05, 3.63) is 53.7 Å². The summed E-state index contributed by atoms with van der Waals surface area (Å²) in [5.41, 5.74) is 2.94. The van der Waals surface area contributed by atoms with Crippen LogP contribution in [0.25, 0.3) is 0 Å². The van der Waals surface area contributed by atoms with E-state index in [0.29, 0.717) is 0 Å². The molecule has 0 spiro atoms. The summed E-state index contributed by atoms with van der Waals surface area (Å²) in [6.07, 6.45) is 1.83. The summed E-state index contributed by atoms with van der Waals surface area (Å²) in [6.45, 7) is 5.69. The van der Waals surface area contributed by atoms with Crippen molar-refractivity contribution in [3.63, 3.8) is 0 Å². The van der Waals surface area contributed by atoms with E-state index in [4.69, 9.17) is 0 Å². The summed E-state index contributed by atoms with van der Waals surface area (Å²) in [7, 11) is 0. The maximum Gasteiger partial charge on any atom is 0.128 e. The second-order valence-corrected chi connectivity index (χ2v) is 5.29. The number of hydrogen-bond acceptors (Lipinski definition) is 4. The van der Waals surface area contributed by atoms with E-state index in [1.807, 2.05) is 37.4 Å². The van der Waals surface area contributed by atoms with Gasteiger partial charge in [-0.3, -0.25) is 0 Å². The predicted molar refractivity (Wildman–Crippen MR) is 84.6 cm³/mol. The summed E-state index contributed by atoms with van der Waals surface area (Å²) in [4.78, 5) is 8.98. The molecule has 0 saturated carbocycles. The molecule has 1 aromatic carbocycles. The van der Waals surface area contributed by atoms with Crippen LogP contribution >= 0.6 is 0 Å². The van der Waals surface area contributed by atoms with E-state index < -0.39 is 0 Å². The van der Waals surface area contributed by atoms with Crippen LogP contribution in [0.5, 0.6) is 0 Å². The first-order valence-corrected chi connectivity index (χ1v) is 7.19. The molecule has 0 radical (unpaired) electrons. The summed E-state index contributed by atoms with van der Waals surface area (Å²) in [6, 6.07) is 14.4. The van der Waals surface area contributed by atoms with E-state index in [1.54, 1.807) is 0 Å². The Morgan fingerprint density at radius 3 is 2.48 bits per heavy atom. The van der Waals surface area contributed by atoms with Gasteiger partial charge in [0.1, 0.15) is 11.9 Å². The van der Waals surface area contributed by atoms with Crippen molar-refractivity contribution >= 4 is 11.5 Å². The van der Waals surface area contributed by atoms with Crippen LogP contribution in [0, 0.1) is 18.3 Å². The van der Waals surface area contributed by atoms with Gasteiger partial charge in [-0.15, -0.1) is 0 Å². The molecule has 0 aliphatic carbocycles. The van der Waals surface area contributed by atoms with Crippen LogP contribution in [0.2, 0.25) is 0 Å². The molecule has 0 bridgehead atoms. The maximum absolute atomic E-state index is 9.31. The molecule has 2 heterocycles. The molecule has 1 aliphatic rings. The lowest BCUT2D eigenvalue weighted by Gasteiger charge is -2.37. The Morgan fingerprint density at radius 1 is 1.05 bits per heavy atom. The first kappa shape index (κ1) is 13.4. The van der Waals surface area contributed by atoms with Gasteiger partial charge in [0.25, 0.3) is 0 Å². The van der Waals surface area contributed by atoms with Crippen molar-refractivity contribution in [2.75, 3.05) is 36.0 Å². The Labute approximate surface area is 125 Å². The highest BCUT2D eigenvalue weighted by molar-refractivity contribution is 5.61. The largest absolute Gasteiger partial charge is 0.367 e. The molecule has 2 aromatic rings. The number of anilines is 2. The third-order valence-corrected chi connectivity index (χ3v) is 3.87. The molecular formula is C17H18N4. The third-order valence-electron chi connectivity index (χ3n) is 3.87. The van der Waals surface area contributed by atoms with Crippen LogP contribution in [-0.4, -0.2) is 31.2 Å². The van der Waals surface area contributed by atoms with Crippen molar-refractivity contribution in [2.24, 2.45) is 0 Å². The number of aromatic nitrogens is 1. The zero-order chi connectivity index (χ0) is 14.7. The first-order chi connectivity index (χ1) is 10.3. The molecule has 1 aromatic heterocycles. The van der Waals surface area contributed by atoms with Gasteiger partial charge in [-0.2, -0.15) is 5.26 Å². The molecule has 0 amide bonds. The topological polar surface area (TPSA) is 43.2 Å². The lowest BCUT2D eigenvalue weighted by atomic mass is 10.1. The van der Waals surface area contributed by atoms with Crippen molar-refractivity contribution in [2.45, 2.75) is 6.92 Å². The number of nitriles is 1. The second-order valence-electron chi connectivity index (χ2n) is 5.29. The van der Waals surface area contributed by atoms with E-state index in [1.165, 1.54) is 0 Å². The minimum atomic E-state index is 0.765. The number of aryl methyl sites for hydroxylation is 1. The highest BCUT2D eigenvalue weighted by atomic mass is 15.3. The minimum absolute atomic E-state index is 0.765. The third kappa shape index (κ3) is 2.82. The number of pyridine rings is 1. The van der Waals surface area contributed by atoms with Gasteiger partial charge in [0.2, 0.25) is 0 Å². The molecule has 21 heavy (non-hydrogen) atoms. The maximum atomic E-state index is 9.31. The Bertz CT molecular complexity index is 652. The van der Waals surface area contributed by atoms with E-state index in [9.17, 15) is 5.26 Å². The molecule has 1 saturated heterocycles. The Balaban J connectivity index is 1.73. The second kappa shape index (κ2) is 5.84. The lowest BCUT2D eigenvalue weighted by Crippen LogP contribution is -2.47. The van der Waals surface area contributed by atoms with E-state index in [-0.39, 0.29) is 0 Å². The summed E-state index contributed by atoms with van der Waals surface area (Å²) >= 11 is 0. The van der Waals surface area contributed by atoms with Gasteiger partial charge in [0, 0.05) is 32.4 Å². The first-order valence-electron chi connectivity index (χ1n) is 7.19. The van der Waals surface area contributed by atoms with Crippen molar-refractivity contribution in [3.8, 4) is 6.07 Å². The van der Waals surface area contributed by atoms with Gasteiger partial charge in [-0.1, -0.05) is 12.1 Å². The predicted octanol–water partition coefficient (Wildman–Crippen LogP) is 2.59. The van der Waals surface area contributed by atoms with Gasteiger partial charge < -0.3 is 9.80 Å². The smallest absolute Gasteiger partial charge is 0.128 e. The van der Waals surface area contributed by atoms with Crippen LogP contribution in [0.1, 0.15) is 11.1 Å². The molecule has 4 nitrogen and oxygen atoms in total. The van der Waals surface area contributed by atoms with Crippen LogP contribution in [0.15, 0.2) is 42.6 Å². The summed E-state index contributed by atoms with van der Waals surface area (Å²) < 4.78 is 0. The van der Waals surface area contributed by atoms with Gasteiger partial charge >= 0.3 is 0 Å². The molecule has 4 heteroatoms. The SMILES string of the molecule is Cc1ccc(N2CCN(c3ccccn3)CC2)c(C#N)c1. The van der Waals surface area contributed by atoms with Crippen molar-refractivity contribution in [1.29, 1.82) is 5.26 Å². The van der Waals surface area contributed by atoms with Crippen LogP contribution in [0.3, 0.4) is 0 Å². The fourth-order valence-electron chi connectivity index (χ4n) is 2.73. The van der Waals surface area contributed by atoms with E-state index in [2.05, 4.69) is 33.0 Å². The fourth-order valence-corrected chi connectivity index (χ4v) is 2.73. The summed E-state index contributed by atoms with van der Waals surface area (Å²) in [5, 5.41) is 9.31. The van der Waals surface area contributed by atoms with E-state index >= 15 is 0 Å². The van der Waals surface area contributed by atoms with Gasteiger partial charge in [0.05, 0.1) is 11.3 Å². The monoisotopic (exact) mass is 278 g/mol. The molecule has 0 atom stereocenters. The molecule has 1 aliphatic heterocycles. The zero-order valence-electron chi connectivity index (χ0n) is 12.2. The molecule has 0 unspecified atom stereocenters. The molecule has 3 rings (SSSR count). The Morgan fingerprint density at radius 2 is 1.81 bits per heavy atom. The average molecular weight is 278 g/mol. The van der Waals surface area contributed by atoms with Crippen molar-refractivity contribution < 1.29 is 0 Å². The van der Waals surface area contributed by atoms with Gasteiger partial charge in [0.15, 0.2) is 0 Å². The Kier molecular flexibility index (Phi) is 3.74. The van der Waals surface area contributed by atoms with Crippen LogP contribution in [0.4, 0.5) is 11.5 Å². The number of rotatable bonds is 2. The number of hydrogen-bond donors (Lipinski definition) is 0. The standard InChI is InChI=1S/C17H18N4/c1-14-5-6-16(15(12-14)13-18)20-8-10-21(11-9-20)17-4-2-3-7-19-17/h2-7,12H,8-11H2,1H3. The zero-order valence-corrected chi connectivity index (χ0v) is 12.2. The minimum Gasteiger partial charge on any atom is -0.367 e. The number of benzene rings is 1. The molecule has 0 N–H and O–H groups in total. The Hall–Kier alpha value is -2.54. The lowest BCUT2D eigenvalue weighted by molar-refractivity contribution is 0.647. The molecule has 1 fully saturated rings. The summed E-state index contributed by atoms with van der Waals surface area (Å²) in [5.74, 6) is 1.03. The van der Waals surface area contributed by atoms with Crippen molar-refractivity contribution in [1.82, 2.24) is 4.98 Å². The highest BCUT2D eigenvalue weighted by Crippen LogP contribution is 2.23. The fraction of sp³-hybridized carbons (Fsp3) is 0.294.